The van der Waals surface area contributed by atoms with Gasteiger partial charge < -0.3 is 15.4 Å². The molecule has 0 heterocycles. The van der Waals surface area contributed by atoms with Crippen molar-refractivity contribution in [3.63, 3.8) is 0 Å². The molecule has 0 spiro atoms. The lowest BCUT2D eigenvalue weighted by atomic mass is 10.1. The Morgan fingerprint density at radius 2 is 2.05 bits per heavy atom. The predicted octanol–water partition coefficient (Wildman–Crippen LogP) is 2.65. The molecule has 20 heavy (non-hydrogen) atoms. The molecule has 112 valence electrons. The molecule has 0 fully saturated rings. The van der Waals surface area contributed by atoms with E-state index in [9.17, 15) is 18.0 Å². The van der Waals surface area contributed by atoms with Gasteiger partial charge in [0, 0.05) is 13.0 Å². The Hall–Kier alpha value is -1.76. The van der Waals surface area contributed by atoms with Gasteiger partial charge >= 0.3 is 6.18 Å². The number of alkyl halides is 3. The Balaban J connectivity index is 2.86. The Morgan fingerprint density at radius 3 is 2.60 bits per heavy atom. The van der Waals surface area contributed by atoms with Crippen LogP contribution in [0.5, 0.6) is 5.75 Å². The van der Waals surface area contributed by atoms with Crippen LogP contribution < -0.4 is 15.4 Å². The van der Waals surface area contributed by atoms with Crippen LogP contribution in [0.3, 0.4) is 0 Å². The first-order valence-corrected chi connectivity index (χ1v) is 6.14. The van der Waals surface area contributed by atoms with E-state index in [1.807, 2.05) is 6.92 Å². The third-order valence-electron chi connectivity index (χ3n) is 2.59. The minimum Gasteiger partial charge on any atom is -0.497 e. The van der Waals surface area contributed by atoms with E-state index in [-0.39, 0.29) is 17.9 Å². The minimum atomic E-state index is -4.56. The van der Waals surface area contributed by atoms with Gasteiger partial charge in [-0.25, -0.2) is 0 Å². The van der Waals surface area contributed by atoms with Crippen LogP contribution in [0.4, 0.5) is 18.9 Å². The van der Waals surface area contributed by atoms with Crippen LogP contribution in [-0.2, 0) is 11.0 Å². The number of hydrogen-bond donors (Lipinski definition) is 2. The number of benzene rings is 1. The molecule has 7 heteroatoms. The summed E-state index contributed by atoms with van der Waals surface area (Å²) in [6.07, 6.45) is -4.45. The van der Waals surface area contributed by atoms with Crippen LogP contribution in [-0.4, -0.2) is 26.1 Å². The van der Waals surface area contributed by atoms with Crippen molar-refractivity contribution in [3.05, 3.63) is 23.8 Å². The average Bonchev–Trinajstić information content (AvgIpc) is 2.38. The zero-order chi connectivity index (χ0) is 15.2. The normalized spacial score (nSPS) is 11.2. The SMILES string of the molecule is CCNCCC(=O)Nc1ccc(OC)cc1C(F)(F)F. The van der Waals surface area contributed by atoms with Crippen LogP contribution in [0.25, 0.3) is 0 Å². The van der Waals surface area contributed by atoms with E-state index < -0.39 is 17.6 Å². The number of hydrogen-bond acceptors (Lipinski definition) is 3. The van der Waals surface area contributed by atoms with E-state index in [0.717, 1.165) is 6.07 Å². The number of carbonyl (C=O) groups is 1. The van der Waals surface area contributed by atoms with Crippen LogP contribution in [0, 0.1) is 0 Å². The lowest BCUT2D eigenvalue weighted by Crippen LogP contribution is -2.22. The zero-order valence-corrected chi connectivity index (χ0v) is 11.3. The molecule has 0 radical (unpaired) electrons. The number of halogens is 3. The van der Waals surface area contributed by atoms with Gasteiger partial charge in [0.25, 0.3) is 0 Å². The number of amides is 1. The van der Waals surface area contributed by atoms with Crippen molar-refractivity contribution >= 4 is 11.6 Å². The molecule has 1 aromatic carbocycles. The Bertz CT molecular complexity index is 461. The van der Waals surface area contributed by atoms with Crippen molar-refractivity contribution in [2.75, 3.05) is 25.5 Å². The first kappa shape index (κ1) is 16.3. The van der Waals surface area contributed by atoms with Gasteiger partial charge in [-0.15, -0.1) is 0 Å². The van der Waals surface area contributed by atoms with E-state index in [1.165, 1.54) is 19.2 Å². The fourth-order valence-electron chi connectivity index (χ4n) is 1.59. The number of ether oxygens (including phenoxy) is 1. The molecule has 0 saturated carbocycles. The molecule has 0 aliphatic carbocycles. The van der Waals surface area contributed by atoms with Crippen LogP contribution >= 0.6 is 0 Å². The molecule has 0 atom stereocenters. The Kier molecular flexibility index (Phi) is 5.82. The molecule has 2 N–H and O–H groups in total. The maximum atomic E-state index is 12.9. The molecule has 0 saturated heterocycles. The number of anilines is 1. The average molecular weight is 290 g/mol. The molecule has 1 amide bonds. The molecule has 0 aromatic heterocycles. The summed E-state index contributed by atoms with van der Waals surface area (Å²) < 4.78 is 43.5. The molecule has 0 aliphatic heterocycles. The topological polar surface area (TPSA) is 50.4 Å². The third-order valence-corrected chi connectivity index (χ3v) is 2.59. The van der Waals surface area contributed by atoms with Gasteiger partial charge in [-0.3, -0.25) is 4.79 Å². The van der Waals surface area contributed by atoms with Crippen molar-refractivity contribution in [1.82, 2.24) is 5.32 Å². The highest BCUT2D eigenvalue weighted by atomic mass is 19.4. The lowest BCUT2D eigenvalue weighted by molar-refractivity contribution is -0.137. The highest BCUT2D eigenvalue weighted by Gasteiger charge is 2.34. The summed E-state index contributed by atoms with van der Waals surface area (Å²) in [6.45, 7) is 2.99. The van der Waals surface area contributed by atoms with E-state index in [0.29, 0.717) is 13.1 Å². The van der Waals surface area contributed by atoms with Crippen LogP contribution in [0.1, 0.15) is 18.9 Å². The molecule has 0 aliphatic rings. The maximum absolute atomic E-state index is 12.9. The van der Waals surface area contributed by atoms with Gasteiger partial charge in [-0.05, 0) is 24.7 Å². The van der Waals surface area contributed by atoms with E-state index in [2.05, 4.69) is 10.6 Å². The van der Waals surface area contributed by atoms with Gasteiger partial charge in [0.15, 0.2) is 0 Å². The lowest BCUT2D eigenvalue weighted by Gasteiger charge is -2.15. The number of rotatable bonds is 6. The molecule has 1 rings (SSSR count). The van der Waals surface area contributed by atoms with Gasteiger partial charge in [0.1, 0.15) is 5.75 Å². The van der Waals surface area contributed by atoms with Crippen molar-refractivity contribution in [3.8, 4) is 5.75 Å². The molecular weight excluding hydrogens is 273 g/mol. The summed E-state index contributed by atoms with van der Waals surface area (Å²) in [5.41, 5.74) is -1.19. The second-order valence-corrected chi connectivity index (χ2v) is 4.06. The van der Waals surface area contributed by atoms with Crippen LogP contribution in [0.15, 0.2) is 18.2 Å². The monoisotopic (exact) mass is 290 g/mol. The molecule has 1 aromatic rings. The summed E-state index contributed by atoms with van der Waals surface area (Å²) >= 11 is 0. The van der Waals surface area contributed by atoms with Gasteiger partial charge in [-0.2, -0.15) is 13.2 Å². The van der Waals surface area contributed by atoms with Crippen molar-refractivity contribution < 1.29 is 22.7 Å². The predicted molar refractivity (Wildman–Crippen MR) is 69.8 cm³/mol. The molecule has 0 unspecified atom stereocenters. The van der Waals surface area contributed by atoms with Crippen molar-refractivity contribution in [2.45, 2.75) is 19.5 Å². The number of methoxy groups -OCH3 is 1. The first-order chi connectivity index (χ1) is 9.38. The minimum absolute atomic E-state index is 0.0861. The summed E-state index contributed by atoms with van der Waals surface area (Å²) in [5, 5.41) is 5.20. The zero-order valence-electron chi connectivity index (χ0n) is 11.3. The van der Waals surface area contributed by atoms with E-state index in [4.69, 9.17) is 4.74 Å². The van der Waals surface area contributed by atoms with Crippen molar-refractivity contribution in [2.24, 2.45) is 0 Å². The molecule has 4 nitrogen and oxygen atoms in total. The maximum Gasteiger partial charge on any atom is 0.418 e. The first-order valence-electron chi connectivity index (χ1n) is 6.14. The number of carbonyl (C=O) groups excluding carboxylic acids is 1. The third kappa shape index (κ3) is 4.73. The Morgan fingerprint density at radius 1 is 1.35 bits per heavy atom. The number of nitrogens with one attached hydrogen (secondary N) is 2. The Labute approximate surface area is 115 Å². The quantitative estimate of drug-likeness (QED) is 0.792. The second-order valence-electron chi connectivity index (χ2n) is 4.06. The highest BCUT2D eigenvalue weighted by molar-refractivity contribution is 5.91. The van der Waals surface area contributed by atoms with Gasteiger partial charge in [0.05, 0.1) is 18.4 Å². The summed E-state index contributed by atoms with van der Waals surface area (Å²) in [4.78, 5) is 11.6. The highest BCUT2D eigenvalue weighted by Crippen LogP contribution is 2.37. The summed E-state index contributed by atoms with van der Waals surface area (Å²) in [7, 11) is 1.28. The van der Waals surface area contributed by atoms with Gasteiger partial charge in [0.2, 0.25) is 5.91 Å². The van der Waals surface area contributed by atoms with E-state index >= 15 is 0 Å². The largest absolute Gasteiger partial charge is 0.497 e. The van der Waals surface area contributed by atoms with E-state index in [1.54, 1.807) is 0 Å². The second kappa shape index (κ2) is 7.14. The smallest absolute Gasteiger partial charge is 0.418 e. The molecule has 0 bridgehead atoms. The molecular formula is C13H17F3N2O2. The summed E-state index contributed by atoms with van der Waals surface area (Å²) in [6, 6.07) is 3.42. The fourth-order valence-corrected chi connectivity index (χ4v) is 1.59. The van der Waals surface area contributed by atoms with Gasteiger partial charge in [-0.1, -0.05) is 6.92 Å². The van der Waals surface area contributed by atoms with Crippen LogP contribution in [0.2, 0.25) is 0 Å². The summed E-state index contributed by atoms with van der Waals surface area (Å²) in [5.74, 6) is -0.385. The fraction of sp³-hybridized carbons (Fsp3) is 0.462. The van der Waals surface area contributed by atoms with Crippen molar-refractivity contribution in [1.29, 1.82) is 0 Å². The standard InChI is InChI=1S/C13H17F3N2O2/c1-3-17-7-6-12(19)18-11-5-4-9(20-2)8-10(11)13(14,15)16/h4-5,8,17H,3,6-7H2,1-2H3,(H,18,19).